The highest BCUT2D eigenvalue weighted by molar-refractivity contribution is 7.17. The zero-order valence-corrected chi connectivity index (χ0v) is 15.3. The number of nitrogens with zero attached hydrogens (tertiary/aromatic N) is 1. The standard InChI is InChI=1S/C16H12F8N3OP/c17-14(18,19)8-3-7(4-9(5-8)16(23,24)29)13(1-2-13)25-12(28)10-6-11(27-26-10)15(20,21)22/h3-6H,1-2,29H2,(H,25,28)(H,26,27). The van der Waals surface area contributed by atoms with Gasteiger partial charge in [0.25, 0.3) is 11.6 Å². The van der Waals surface area contributed by atoms with Crippen molar-refractivity contribution in [3.05, 3.63) is 52.3 Å². The lowest BCUT2D eigenvalue weighted by Gasteiger charge is -2.22. The summed E-state index contributed by atoms with van der Waals surface area (Å²) in [5, 5.41) is 7.20. The van der Waals surface area contributed by atoms with Gasteiger partial charge in [-0.15, -0.1) is 0 Å². The van der Waals surface area contributed by atoms with Crippen LogP contribution in [-0.2, 0) is 23.6 Å². The van der Waals surface area contributed by atoms with Crippen LogP contribution in [0.4, 0.5) is 35.1 Å². The van der Waals surface area contributed by atoms with Crippen LogP contribution in [0.3, 0.4) is 0 Å². The topological polar surface area (TPSA) is 57.8 Å². The molecule has 1 amide bonds. The summed E-state index contributed by atoms with van der Waals surface area (Å²) >= 11 is 0. The molecule has 158 valence electrons. The fraction of sp³-hybridized carbons (Fsp3) is 0.375. The summed E-state index contributed by atoms with van der Waals surface area (Å²) in [7, 11) is 1.14. The van der Waals surface area contributed by atoms with E-state index >= 15 is 0 Å². The highest BCUT2D eigenvalue weighted by Crippen LogP contribution is 2.49. The maximum atomic E-state index is 13.6. The smallest absolute Gasteiger partial charge is 0.341 e. The van der Waals surface area contributed by atoms with Gasteiger partial charge < -0.3 is 5.32 Å². The highest BCUT2D eigenvalue weighted by Gasteiger charge is 2.48. The summed E-state index contributed by atoms with van der Waals surface area (Å²) in [4.78, 5) is 12.2. The maximum absolute atomic E-state index is 13.6. The first-order valence-corrected chi connectivity index (χ1v) is 8.55. The Hall–Kier alpha value is -2.23. The number of benzene rings is 1. The third-order valence-electron chi connectivity index (χ3n) is 4.42. The van der Waals surface area contributed by atoms with E-state index in [1.807, 2.05) is 0 Å². The van der Waals surface area contributed by atoms with E-state index in [0.717, 1.165) is 15.3 Å². The van der Waals surface area contributed by atoms with Crippen molar-refractivity contribution in [2.24, 2.45) is 0 Å². The lowest BCUT2D eigenvalue weighted by atomic mass is 9.98. The van der Waals surface area contributed by atoms with Crippen molar-refractivity contribution in [1.29, 1.82) is 0 Å². The van der Waals surface area contributed by atoms with Crippen molar-refractivity contribution in [2.75, 3.05) is 0 Å². The number of carbonyl (C=O) groups excluding carboxylic acids is 1. The average molecular weight is 445 g/mol. The minimum atomic E-state index is -4.91. The van der Waals surface area contributed by atoms with Crippen molar-refractivity contribution < 1.29 is 39.9 Å². The van der Waals surface area contributed by atoms with Crippen LogP contribution >= 0.6 is 9.24 Å². The molecule has 1 heterocycles. The van der Waals surface area contributed by atoms with Gasteiger partial charge in [-0.2, -0.15) is 40.2 Å². The summed E-state index contributed by atoms with van der Waals surface area (Å²) in [5.41, 5.74) is -9.44. The zero-order chi connectivity index (χ0) is 21.8. The zero-order valence-electron chi connectivity index (χ0n) is 14.2. The second-order valence-corrected chi connectivity index (χ2v) is 7.35. The molecule has 13 heteroatoms. The van der Waals surface area contributed by atoms with E-state index in [4.69, 9.17) is 0 Å². The summed E-state index contributed by atoms with van der Waals surface area (Å²) in [5.74, 6) is -1.08. The molecule has 1 aromatic heterocycles. The van der Waals surface area contributed by atoms with Crippen LogP contribution in [0.2, 0.25) is 0 Å². The average Bonchev–Trinajstić information content (AvgIpc) is 3.16. The summed E-state index contributed by atoms with van der Waals surface area (Å²) in [6.07, 6.45) is -9.44. The Balaban J connectivity index is 1.94. The molecule has 1 saturated carbocycles. The third kappa shape index (κ3) is 4.52. The van der Waals surface area contributed by atoms with Crippen molar-refractivity contribution in [2.45, 2.75) is 36.4 Å². The lowest BCUT2D eigenvalue weighted by molar-refractivity contribution is -0.141. The number of nitrogens with one attached hydrogen (secondary N) is 2. The fourth-order valence-corrected chi connectivity index (χ4v) is 2.90. The van der Waals surface area contributed by atoms with Crippen LogP contribution in [0.5, 0.6) is 0 Å². The minimum absolute atomic E-state index is 0.123. The molecule has 1 unspecified atom stereocenters. The summed E-state index contributed by atoms with van der Waals surface area (Å²) in [6.45, 7) is 0. The van der Waals surface area contributed by atoms with Gasteiger partial charge >= 0.3 is 12.4 Å². The second kappa shape index (κ2) is 6.65. The van der Waals surface area contributed by atoms with E-state index in [2.05, 4.69) is 10.4 Å². The number of aromatic nitrogens is 2. The molecule has 1 aliphatic carbocycles. The lowest BCUT2D eigenvalue weighted by Crippen LogP contribution is -2.35. The monoisotopic (exact) mass is 445 g/mol. The van der Waals surface area contributed by atoms with Crippen LogP contribution < -0.4 is 5.32 Å². The van der Waals surface area contributed by atoms with Crippen molar-refractivity contribution in [3.8, 4) is 0 Å². The van der Waals surface area contributed by atoms with Crippen molar-refractivity contribution >= 4 is 15.1 Å². The van der Waals surface area contributed by atoms with Gasteiger partial charge in [0.05, 0.1) is 11.1 Å². The number of amides is 1. The number of carbonyl (C=O) groups is 1. The number of aromatic amines is 1. The molecule has 2 aromatic rings. The van der Waals surface area contributed by atoms with E-state index < -0.39 is 52.0 Å². The van der Waals surface area contributed by atoms with Gasteiger partial charge in [0, 0.05) is 11.6 Å². The first-order valence-electron chi connectivity index (χ1n) is 7.97. The number of hydrogen-bond donors (Lipinski definition) is 2. The van der Waals surface area contributed by atoms with Crippen LogP contribution in [0, 0.1) is 0 Å². The maximum Gasteiger partial charge on any atom is 0.432 e. The molecule has 1 atom stereocenters. The Kier molecular flexibility index (Phi) is 4.92. The van der Waals surface area contributed by atoms with Gasteiger partial charge in [0.15, 0.2) is 5.69 Å². The molecule has 1 fully saturated rings. The molecular weight excluding hydrogens is 433 g/mol. The Bertz CT molecular complexity index is 909. The first kappa shape index (κ1) is 21.5. The van der Waals surface area contributed by atoms with Crippen LogP contribution in [0.1, 0.15) is 45.7 Å². The Morgan fingerprint density at radius 3 is 2.00 bits per heavy atom. The molecule has 0 spiro atoms. The van der Waals surface area contributed by atoms with Gasteiger partial charge in [-0.25, -0.2) is 0 Å². The summed E-state index contributed by atoms with van der Waals surface area (Å²) in [6, 6.07) is 2.22. The fourth-order valence-electron chi connectivity index (χ4n) is 2.74. The van der Waals surface area contributed by atoms with Gasteiger partial charge in [-0.05, 0) is 36.6 Å². The summed E-state index contributed by atoms with van der Waals surface area (Å²) < 4.78 is 104. The molecule has 1 aromatic carbocycles. The Morgan fingerprint density at radius 2 is 1.55 bits per heavy atom. The Morgan fingerprint density at radius 1 is 0.966 bits per heavy atom. The number of hydrogen-bond acceptors (Lipinski definition) is 2. The molecule has 29 heavy (non-hydrogen) atoms. The molecule has 1 aliphatic rings. The molecule has 3 rings (SSSR count). The van der Waals surface area contributed by atoms with E-state index in [9.17, 15) is 39.9 Å². The number of halogens is 8. The normalized spacial score (nSPS) is 16.6. The predicted octanol–water partition coefficient (Wildman–Crippen LogP) is 4.79. The van der Waals surface area contributed by atoms with Gasteiger partial charge in [0.1, 0.15) is 5.69 Å². The van der Waals surface area contributed by atoms with Gasteiger partial charge in [-0.1, -0.05) is 9.24 Å². The van der Waals surface area contributed by atoms with E-state index in [1.54, 1.807) is 5.10 Å². The minimum Gasteiger partial charge on any atom is -0.341 e. The molecule has 0 bridgehead atoms. The highest BCUT2D eigenvalue weighted by atomic mass is 31.0. The second-order valence-electron chi connectivity index (χ2n) is 6.62. The molecule has 2 N–H and O–H groups in total. The van der Waals surface area contributed by atoms with Crippen LogP contribution in [-0.4, -0.2) is 16.1 Å². The van der Waals surface area contributed by atoms with E-state index in [0.29, 0.717) is 18.2 Å². The number of rotatable bonds is 4. The number of H-pyrrole nitrogens is 1. The molecule has 0 saturated heterocycles. The van der Waals surface area contributed by atoms with Gasteiger partial charge in [0.2, 0.25) is 0 Å². The van der Waals surface area contributed by atoms with Gasteiger partial charge in [-0.3, -0.25) is 9.89 Å². The Labute approximate surface area is 160 Å². The van der Waals surface area contributed by atoms with Crippen molar-refractivity contribution in [1.82, 2.24) is 15.5 Å². The predicted molar refractivity (Wildman–Crippen MR) is 87.0 cm³/mol. The van der Waals surface area contributed by atoms with E-state index in [1.165, 1.54) is 0 Å². The third-order valence-corrected chi connectivity index (χ3v) is 4.75. The first-order chi connectivity index (χ1) is 13.1. The molecular formula is C16H12F8N3OP. The van der Waals surface area contributed by atoms with Crippen molar-refractivity contribution in [3.63, 3.8) is 0 Å². The molecule has 0 radical (unpaired) electrons. The quantitative estimate of drug-likeness (QED) is 0.525. The largest absolute Gasteiger partial charge is 0.432 e. The molecule has 0 aliphatic heterocycles. The SMILES string of the molecule is O=C(NC1(c2cc(C(F)(F)F)cc(C(F)(F)P)c2)CC1)c1cc(C(F)(F)F)[nH]n1. The van der Waals surface area contributed by atoms with Crippen LogP contribution in [0.25, 0.3) is 0 Å². The van der Waals surface area contributed by atoms with E-state index in [-0.39, 0.29) is 18.4 Å². The van der Waals surface area contributed by atoms with Crippen LogP contribution in [0.15, 0.2) is 24.3 Å². The number of alkyl halides is 8. The molecule has 4 nitrogen and oxygen atoms in total.